The van der Waals surface area contributed by atoms with E-state index in [9.17, 15) is 13.2 Å². The van der Waals surface area contributed by atoms with Gasteiger partial charge in [-0.25, -0.2) is 8.42 Å². The average molecular weight is 333 g/mol. The van der Waals surface area contributed by atoms with Crippen LogP contribution in [0.2, 0.25) is 0 Å². The number of nitrogens with one attached hydrogen (secondary N) is 1. The van der Waals surface area contributed by atoms with Gasteiger partial charge in [0, 0.05) is 4.88 Å². The van der Waals surface area contributed by atoms with Gasteiger partial charge in [-0.05, 0) is 42.5 Å². The fourth-order valence-corrected chi connectivity index (χ4v) is 6.13. The number of rotatable bonds is 2. The molecule has 2 aromatic rings. The first-order valence-corrected chi connectivity index (χ1v) is 9.75. The van der Waals surface area contributed by atoms with Gasteiger partial charge in [0.1, 0.15) is 0 Å². The summed E-state index contributed by atoms with van der Waals surface area (Å²) in [6, 6.07) is 8.40. The first-order valence-electron chi connectivity index (χ1n) is 7.29. The van der Waals surface area contributed by atoms with Crippen molar-refractivity contribution in [1.82, 2.24) is 5.32 Å². The van der Waals surface area contributed by atoms with Crippen LogP contribution in [-0.4, -0.2) is 20.1 Å². The van der Waals surface area contributed by atoms with E-state index >= 15 is 0 Å². The van der Waals surface area contributed by atoms with Gasteiger partial charge in [-0.2, -0.15) is 0 Å². The largest absolute Gasteiger partial charge is 0.343 e. The number of carbonyl (C=O) groups excluding carboxylic acids is 1. The number of thiophene rings is 1. The van der Waals surface area contributed by atoms with Gasteiger partial charge in [-0.1, -0.05) is 18.2 Å². The summed E-state index contributed by atoms with van der Waals surface area (Å²) >= 11 is 1.53. The van der Waals surface area contributed by atoms with Crippen molar-refractivity contribution in [3.05, 3.63) is 51.2 Å². The Balaban J connectivity index is 1.60. The van der Waals surface area contributed by atoms with Gasteiger partial charge in [0.15, 0.2) is 9.84 Å². The highest BCUT2D eigenvalue weighted by atomic mass is 32.2. The second kappa shape index (κ2) is 4.93. The standard InChI is InChI=1S/C16H15NO3S2/c18-16(14-8-10-4-3-6-13(10)21-14)17-12-9-22(19,20)15-7-2-1-5-11(12)15/h1-2,5,7-8,12H,3-4,6,9H2,(H,17,18)/t12-/m1/s1. The zero-order chi connectivity index (χ0) is 15.3. The van der Waals surface area contributed by atoms with Gasteiger partial charge in [0.05, 0.1) is 21.6 Å². The van der Waals surface area contributed by atoms with E-state index in [-0.39, 0.29) is 11.7 Å². The van der Waals surface area contributed by atoms with Crippen LogP contribution in [0.4, 0.5) is 0 Å². The molecule has 0 unspecified atom stereocenters. The molecule has 4 nitrogen and oxygen atoms in total. The van der Waals surface area contributed by atoms with Crippen molar-refractivity contribution in [2.75, 3.05) is 5.75 Å². The Morgan fingerprint density at radius 2 is 2.05 bits per heavy atom. The third-order valence-electron chi connectivity index (χ3n) is 4.29. The maximum Gasteiger partial charge on any atom is 0.261 e. The predicted octanol–water partition coefficient (Wildman–Crippen LogP) is 2.50. The van der Waals surface area contributed by atoms with Crippen LogP contribution in [0, 0.1) is 0 Å². The first-order chi connectivity index (χ1) is 10.5. The Hall–Kier alpha value is -1.66. The van der Waals surface area contributed by atoms with Crippen molar-refractivity contribution < 1.29 is 13.2 Å². The van der Waals surface area contributed by atoms with Gasteiger partial charge in [-0.15, -0.1) is 11.3 Å². The van der Waals surface area contributed by atoms with Crippen LogP contribution in [0.25, 0.3) is 0 Å². The van der Waals surface area contributed by atoms with Crippen LogP contribution in [0.15, 0.2) is 35.2 Å². The van der Waals surface area contributed by atoms with E-state index in [2.05, 4.69) is 5.32 Å². The second-order valence-electron chi connectivity index (χ2n) is 5.76. The van der Waals surface area contributed by atoms with Crippen molar-refractivity contribution in [1.29, 1.82) is 0 Å². The molecule has 0 spiro atoms. The highest BCUT2D eigenvalue weighted by molar-refractivity contribution is 7.91. The molecule has 1 aliphatic carbocycles. The lowest BCUT2D eigenvalue weighted by Crippen LogP contribution is -2.29. The summed E-state index contributed by atoms with van der Waals surface area (Å²) in [5.41, 5.74) is 1.97. The number of amides is 1. The predicted molar refractivity (Wildman–Crippen MR) is 85.0 cm³/mol. The Morgan fingerprint density at radius 3 is 2.86 bits per heavy atom. The number of hydrogen-bond donors (Lipinski definition) is 1. The van der Waals surface area contributed by atoms with Crippen molar-refractivity contribution in [3.8, 4) is 0 Å². The lowest BCUT2D eigenvalue weighted by molar-refractivity contribution is 0.0944. The monoisotopic (exact) mass is 333 g/mol. The molecule has 4 rings (SSSR count). The molecule has 1 aromatic heterocycles. The summed E-state index contributed by atoms with van der Waals surface area (Å²) in [6.07, 6.45) is 3.25. The van der Waals surface area contributed by atoms with Crippen molar-refractivity contribution >= 4 is 27.1 Å². The van der Waals surface area contributed by atoms with Crippen LogP contribution in [-0.2, 0) is 22.7 Å². The topological polar surface area (TPSA) is 63.2 Å². The molecule has 0 saturated heterocycles. The Kier molecular flexibility index (Phi) is 3.13. The fourth-order valence-electron chi connectivity index (χ4n) is 3.24. The smallest absolute Gasteiger partial charge is 0.261 e. The van der Waals surface area contributed by atoms with Crippen LogP contribution in [0.5, 0.6) is 0 Å². The molecule has 2 aliphatic rings. The number of fused-ring (bicyclic) bond motifs is 2. The zero-order valence-electron chi connectivity index (χ0n) is 11.8. The molecule has 1 aromatic carbocycles. The minimum atomic E-state index is -3.29. The third-order valence-corrected chi connectivity index (χ3v) is 7.34. The minimum absolute atomic E-state index is 0.0524. The maximum absolute atomic E-state index is 12.4. The molecular weight excluding hydrogens is 318 g/mol. The number of sulfone groups is 1. The van der Waals surface area contributed by atoms with Crippen LogP contribution < -0.4 is 5.32 Å². The van der Waals surface area contributed by atoms with Crippen molar-refractivity contribution in [2.24, 2.45) is 0 Å². The summed E-state index contributed by atoms with van der Waals surface area (Å²) in [5, 5.41) is 2.89. The summed E-state index contributed by atoms with van der Waals surface area (Å²) in [7, 11) is -3.29. The molecule has 22 heavy (non-hydrogen) atoms. The first kappa shape index (κ1) is 14.0. The highest BCUT2D eigenvalue weighted by Gasteiger charge is 2.35. The van der Waals surface area contributed by atoms with Crippen LogP contribution >= 0.6 is 11.3 Å². The highest BCUT2D eigenvalue weighted by Crippen LogP contribution is 2.34. The van der Waals surface area contributed by atoms with E-state index in [1.807, 2.05) is 6.07 Å². The number of carbonyl (C=O) groups is 1. The molecule has 1 atom stereocenters. The van der Waals surface area contributed by atoms with Gasteiger partial charge in [0.2, 0.25) is 0 Å². The zero-order valence-corrected chi connectivity index (χ0v) is 13.5. The Bertz CT molecular complexity index is 846. The molecular formula is C16H15NO3S2. The average Bonchev–Trinajstić information content (AvgIpc) is 3.12. The maximum atomic E-state index is 12.4. The summed E-state index contributed by atoms with van der Waals surface area (Å²) in [5.74, 6) is -0.222. The SMILES string of the molecule is O=C(N[C@@H]1CS(=O)(=O)c2ccccc21)c1cc2c(s1)CCC2. The molecule has 114 valence electrons. The second-order valence-corrected chi connectivity index (χ2v) is 8.90. The van der Waals surface area contributed by atoms with E-state index < -0.39 is 15.9 Å². The van der Waals surface area contributed by atoms with E-state index in [0.29, 0.717) is 15.3 Å². The quantitative estimate of drug-likeness (QED) is 0.918. The number of aryl methyl sites for hydroxylation is 2. The molecule has 1 amide bonds. The molecule has 0 bridgehead atoms. The van der Waals surface area contributed by atoms with Gasteiger partial charge in [-0.3, -0.25) is 4.79 Å². The summed E-state index contributed by atoms with van der Waals surface area (Å²) in [4.78, 5) is 14.8. The van der Waals surface area contributed by atoms with E-state index in [4.69, 9.17) is 0 Å². The third kappa shape index (κ3) is 2.18. The number of benzene rings is 1. The van der Waals surface area contributed by atoms with Gasteiger partial charge in [0.25, 0.3) is 5.91 Å². The Morgan fingerprint density at radius 1 is 1.23 bits per heavy atom. The lowest BCUT2D eigenvalue weighted by Gasteiger charge is -2.11. The molecule has 0 saturated carbocycles. The van der Waals surface area contributed by atoms with Crippen LogP contribution in [0.3, 0.4) is 0 Å². The lowest BCUT2D eigenvalue weighted by atomic mass is 10.1. The summed E-state index contributed by atoms with van der Waals surface area (Å²) < 4.78 is 24.3. The minimum Gasteiger partial charge on any atom is -0.343 e. The fraction of sp³-hybridized carbons (Fsp3) is 0.312. The molecule has 0 radical (unpaired) electrons. The molecule has 0 fully saturated rings. The molecule has 1 N–H and O–H groups in total. The van der Waals surface area contributed by atoms with E-state index in [0.717, 1.165) is 19.3 Å². The molecule has 6 heteroatoms. The van der Waals surface area contributed by atoms with Crippen molar-refractivity contribution in [3.63, 3.8) is 0 Å². The van der Waals surface area contributed by atoms with Gasteiger partial charge >= 0.3 is 0 Å². The van der Waals surface area contributed by atoms with Crippen molar-refractivity contribution in [2.45, 2.75) is 30.2 Å². The Labute approximate surface area is 133 Å². The van der Waals surface area contributed by atoms with E-state index in [1.165, 1.54) is 21.8 Å². The van der Waals surface area contributed by atoms with Gasteiger partial charge < -0.3 is 5.32 Å². The normalized spacial score (nSPS) is 21.4. The molecule has 2 heterocycles. The van der Waals surface area contributed by atoms with Crippen LogP contribution in [0.1, 0.15) is 38.1 Å². The number of hydrogen-bond acceptors (Lipinski definition) is 4. The van der Waals surface area contributed by atoms with E-state index in [1.54, 1.807) is 24.3 Å². The summed E-state index contributed by atoms with van der Waals surface area (Å²) in [6.45, 7) is 0. The molecule has 1 aliphatic heterocycles.